The minimum atomic E-state index is -0.558. The molecule has 258 valence electrons. The van der Waals surface area contributed by atoms with E-state index in [0.717, 1.165) is 11.1 Å². The molecule has 4 aromatic rings. The lowest BCUT2D eigenvalue weighted by molar-refractivity contribution is 0.0719. The molecule has 0 aliphatic carbocycles. The van der Waals surface area contributed by atoms with Crippen LogP contribution in [0.15, 0.2) is 84.9 Å². The fourth-order valence-electron chi connectivity index (χ4n) is 4.92. The molecule has 0 amide bonds. The Morgan fingerprint density at radius 3 is 1.12 bits per heavy atom. The van der Waals surface area contributed by atoms with Crippen molar-refractivity contribution in [3.63, 3.8) is 0 Å². The number of esters is 2. The summed E-state index contributed by atoms with van der Waals surface area (Å²) in [5.74, 6) is 1.50. The van der Waals surface area contributed by atoms with Crippen LogP contribution in [0.5, 0.6) is 34.5 Å². The van der Waals surface area contributed by atoms with Gasteiger partial charge in [0.1, 0.15) is 96.5 Å². The molecule has 4 fully saturated rings. The summed E-state index contributed by atoms with van der Waals surface area (Å²) >= 11 is 0. The van der Waals surface area contributed by atoms with E-state index in [1.807, 2.05) is 24.3 Å². The van der Waals surface area contributed by atoms with Crippen molar-refractivity contribution in [2.45, 2.75) is 24.4 Å². The van der Waals surface area contributed by atoms with Crippen LogP contribution >= 0.6 is 0 Å². The van der Waals surface area contributed by atoms with Gasteiger partial charge >= 0.3 is 11.9 Å². The molecule has 8 rings (SSSR count). The van der Waals surface area contributed by atoms with Crippen LogP contribution < -0.4 is 28.4 Å². The predicted octanol–water partition coefficient (Wildman–Crippen LogP) is 4.90. The van der Waals surface area contributed by atoms with Gasteiger partial charge in [0.05, 0.1) is 26.4 Å². The van der Waals surface area contributed by atoms with Crippen LogP contribution in [0.25, 0.3) is 11.1 Å². The normalized spacial score (nSPS) is 21.0. The smallest absolute Gasteiger partial charge is 0.347 e. The van der Waals surface area contributed by atoms with Crippen molar-refractivity contribution in [3.8, 4) is 45.6 Å². The van der Waals surface area contributed by atoms with E-state index in [9.17, 15) is 9.59 Å². The molecular formula is C38H34O12. The second-order valence-corrected chi connectivity index (χ2v) is 12.2. The number of carbonyl (C=O) groups is 2. The Kier molecular flexibility index (Phi) is 9.23. The van der Waals surface area contributed by atoms with Gasteiger partial charge < -0.3 is 47.4 Å². The molecule has 0 radical (unpaired) electrons. The SMILES string of the molecule is O=C(Oc1ccc(-c2ccc(OC(=O)c3ccc(OCC4CO4)cc3OCC3CO3)cc2)cc1)c1ccc(OCC2CO2)cc1OCC1CO1. The van der Waals surface area contributed by atoms with Crippen molar-refractivity contribution < 1.29 is 57.0 Å². The first-order valence-corrected chi connectivity index (χ1v) is 16.4. The predicted molar refractivity (Wildman–Crippen MR) is 176 cm³/mol. The first-order valence-electron chi connectivity index (χ1n) is 16.4. The number of rotatable bonds is 17. The summed E-state index contributed by atoms with van der Waals surface area (Å²) in [5, 5.41) is 0. The van der Waals surface area contributed by atoms with Crippen molar-refractivity contribution >= 4 is 11.9 Å². The molecule has 4 aliphatic rings. The molecule has 4 atom stereocenters. The molecule has 4 unspecified atom stereocenters. The molecule has 0 saturated carbocycles. The second-order valence-electron chi connectivity index (χ2n) is 12.2. The first-order chi connectivity index (χ1) is 24.5. The van der Waals surface area contributed by atoms with Gasteiger partial charge in [0.25, 0.3) is 0 Å². The monoisotopic (exact) mass is 682 g/mol. The van der Waals surface area contributed by atoms with Crippen molar-refractivity contribution in [2.75, 3.05) is 52.9 Å². The van der Waals surface area contributed by atoms with Crippen LogP contribution in [0.1, 0.15) is 20.7 Å². The van der Waals surface area contributed by atoms with E-state index in [1.165, 1.54) is 0 Å². The van der Waals surface area contributed by atoms with Crippen molar-refractivity contribution in [3.05, 3.63) is 96.1 Å². The number of epoxide rings is 4. The van der Waals surface area contributed by atoms with Crippen molar-refractivity contribution in [2.24, 2.45) is 0 Å². The zero-order valence-electron chi connectivity index (χ0n) is 26.9. The molecule has 4 aliphatic heterocycles. The Bertz CT molecular complexity index is 1690. The molecular weight excluding hydrogens is 648 g/mol. The molecule has 0 spiro atoms. The van der Waals surface area contributed by atoms with Gasteiger partial charge in [0, 0.05) is 12.1 Å². The zero-order chi connectivity index (χ0) is 33.9. The van der Waals surface area contributed by atoms with E-state index in [4.69, 9.17) is 47.4 Å². The van der Waals surface area contributed by atoms with E-state index < -0.39 is 11.9 Å². The summed E-state index contributed by atoms with van der Waals surface area (Å²) in [6.45, 7) is 4.15. The third-order valence-corrected chi connectivity index (χ3v) is 8.14. The Morgan fingerprint density at radius 1 is 0.460 bits per heavy atom. The van der Waals surface area contributed by atoms with Crippen LogP contribution in [0, 0.1) is 0 Å². The van der Waals surface area contributed by atoms with E-state index >= 15 is 0 Å². The fourth-order valence-corrected chi connectivity index (χ4v) is 4.92. The Labute approximate surface area is 287 Å². The van der Waals surface area contributed by atoms with E-state index in [2.05, 4.69) is 0 Å². The summed E-state index contributed by atoms with van der Waals surface area (Å²) in [6, 6.07) is 24.3. The van der Waals surface area contributed by atoms with Crippen LogP contribution in [0.4, 0.5) is 0 Å². The summed E-state index contributed by atoms with van der Waals surface area (Å²) in [4.78, 5) is 26.3. The topological polar surface area (TPSA) is 140 Å². The van der Waals surface area contributed by atoms with Crippen LogP contribution in [0.3, 0.4) is 0 Å². The standard InChI is InChI=1S/C38H34O12/c39-37(33-11-9-27(41-15-29-17-43-29)13-35(33)47-21-31-19-45-31)49-25-5-1-23(2-6-25)24-3-7-26(8-4-24)50-38(40)34-12-10-28(42-16-30-18-44-30)14-36(34)48-22-32-20-46-32/h1-14,29-32H,15-22H2. The fraction of sp³-hybridized carbons (Fsp3) is 0.316. The van der Waals surface area contributed by atoms with Crippen LogP contribution in [-0.4, -0.2) is 89.2 Å². The third kappa shape index (κ3) is 8.71. The maximum Gasteiger partial charge on any atom is 0.347 e. The van der Waals surface area contributed by atoms with Gasteiger partial charge in [0.15, 0.2) is 0 Å². The lowest BCUT2D eigenvalue weighted by Gasteiger charge is -2.13. The molecule has 50 heavy (non-hydrogen) atoms. The molecule has 12 nitrogen and oxygen atoms in total. The zero-order valence-corrected chi connectivity index (χ0v) is 26.9. The number of hydrogen-bond donors (Lipinski definition) is 0. The van der Waals surface area contributed by atoms with Gasteiger partial charge in [-0.3, -0.25) is 0 Å². The Morgan fingerprint density at radius 2 is 0.780 bits per heavy atom. The molecule has 4 heterocycles. The number of benzene rings is 4. The van der Waals surface area contributed by atoms with E-state index in [-0.39, 0.29) is 35.5 Å². The van der Waals surface area contributed by atoms with Gasteiger partial charge in [-0.2, -0.15) is 0 Å². The molecule has 12 heteroatoms. The number of carbonyl (C=O) groups excluding carboxylic acids is 2. The van der Waals surface area contributed by atoms with E-state index in [0.29, 0.717) is 87.4 Å². The lowest BCUT2D eigenvalue weighted by Crippen LogP contribution is -2.13. The van der Waals surface area contributed by atoms with Gasteiger partial charge in [0.2, 0.25) is 0 Å². The summed E-state index contributed by atoms with van der Waals surface area (Å²) in [6.07, 6.45) is 0.239. The number of hydrogen-bond acceptors (Lipinski definition) is 12. The number of ether oxygens (including phenoxy) is 10. The highest BCUT2D eigenvalue weighted by atomic mass is 16.6. The van der Waals surface area contributed by atoms with Gasteiger partial charge in [-0.15, -0.1) is 0 Å². The molecule has 0 aromatic heterocycles. The third-order valence-electron chi connectivity index (χ3n) is 8.14. The molecule has 0 N–H and O–H groups in total. The highest BCUT2D eigenvalue weighted by Crippen LogP contribution is 2.31. The van der Waals surface area contributed by atoms with Gasteiger partial charge in [-0.1, -0.05) is 24.3 Å². The molecule has 4 aromatic carbocycles. The summed E-state index contributed by atoms with van der Waals surface area (Å²) in [5.41, 5.74) is 2.31. The quantitative estimate of drug-likeness (QED) is 0.0850. The van der Waals surface area contributed by atoms with Gasteiger partial charge in [-0.25, -0.2) is 9.59 Å². The first kappa shape index (κ1) is 32.1. The van der Waals surface area contributed by atoms with Crippen molar-refractivity contribution in [1.29, 1.82) is 0 Å². The summed E-state index contributed by atoms with van der Waals surface area (Å²) < 4.78 is 55.5. The maximum atomic E-state index is 13.2. The summed E-state index contributed by atoms with van der Waals surface area (Å²) in [7, 11) is 0. The van der Waals surface area contributed by atoms with Gasteiger partial charge in [-0.05, 0) is 59.7 Å². The second kappa shape index (κ2) is 14.4. The van der Waals surface area contributed by atoms with Crippen LogP contribution in [0.2, 0.25) is 0 Å². The average molecular weight is 683 g/mol. The average Bonchev–Trinajstić information content (AvgIpc) is 3.92. The molecule has 0 bridgehead atoms. The minimum absolute atomic E-state index is 0.0161. The maximum absolute atomic E-state index is 13.2. The largest absolute Gasteiger partial charge is 0.491 e. The van der Waals surface area contributed by atoms with Crippen molar-refractivity contribution in [1.82, 2.24) is 0 Å². The van der Waals surface area contributed by atoms with E-state index in [1.54, 1.807) is 60.7 Å². The highest BCUT2D eigenvalue weighted by molar-refractivity contribution is 5.95. The Balaban J connectivity index is 0.889. The minimum Gasteiger partial charge on any atom is -0.491 e. The highest BCUT2D eigenvalue weighted by Gasteiger charge is 2.28. The van der Waals surface area contributed by atoms with Crippen LogP contribution in [-0.2, 0) is 18.9 Å². The Hall–Kier alpha value is -5.14. The lowest BCUT2D eigenvalue weighted by atomic mass is 10.1. The molecule has 4 saturated heterocycles.